The maximum absolute atomic E-state index is 12.4. The van der Waals surface area contributed by atoms with Gasteiger partial charge in [0.2, 0.25) is 0 Å². The van der Waals surface area contributed by atoms with E-state index in [-0.39, 0.29) is 6.61 Å². The van der Waals surface area contributed by atoms with Gasteiger partial charge in [0.05, 0.1) is 20.3 Å². The van der Waals surface area contributed by atoms with E-state index in [4.69, 9.17) is 35.7 Å². The first-order valence-electron chi connectivity index (χ1n) is 10.5. The summed E-state index contributed by atoms with van der Waals surface area (Å²) in [5.41, 5.74) is 0.412. The number of carboxylic acids is 1. The number of carbonyl (C=O) groups is 2. The maximum Gasteiger partial charge on any atom is 0.349 e. The van der Waals surface area contributed by atoms with Crippen LogP contribution in [0.1, 0.15) is 37.8 Å². The molecule has 2 aromatic carbocycles. The van der Waals surface area contributed by atoms with Gasteiger partial charge < -0.3 is 24.1 Å². The predicted octanol–water partition coefficient (Wildman–Crippen LogP) is 5.31. The second-order valence-corrected chi connectivity index (χ2v) is 8.20. The molecular formula is C25H29ClO7. The predicted molar refractivity (Wildman–Crippen MR) is 126 cm³/mol. The summed E-state index contributed by atoms with van der Waals surface area (Å²) in [5.74, 6) is 0.124. The molecule has 178 valence electrons. The zero-order valence-electron chi connectivity index (χ0n) is 19.2. The van der Waals surface area contributed by atoms with Crippen molar-refractivity contribution in [1.29, 1.82) is 0 Å². The van der Waals surface area contributed by atoms with Crippen LogP contribution in [-0.2, 0) is 14.3 Å². The number of aliphatic carboxylic acids is 1. The molecule has 0 radical (unpaired) electrons. The molecule has 0 aliphatic heterocycles. The summed E-state index contributed by atoms with van der Waals surface area (Å²) in [6.07, 6.45) is 3.81. The lowest BCUT2D eigenvalue weighted by atomic mass is 10.1. The molecule has 0 atom stereocenters. The quantitative estimate of drug-likeness (QED) is 0.252. The lowest BCUT2D eigenvalue weighted by Gasteiger charge is -2.24. The molecule has 0 aromatic heterocycles. The van der Waals surface area contributed by atoms with Gasteiger partial charge >= 0.3 is 11.9 Å². The number of ether oxygens (including phenoxy) is 4. The van der Waals surface area contributed by atoms with Crippen molar-refractivity contribution in [2.45, 2.75) is 39.2 Å². The van der Waals surface area contributed by atoms with Gasteiger partial charge in [0.1, 0.15) is 5.75 Å². The average molecular weight is 477 g/mol. The van der Waals surface area contributed by atoms with Gasteiger partial charge in [0.25, 0.3) is 0 Å². The van der Waals surface area contributed by atoms with Crippen LogP contribution in [0.15, 0.2) is 42.5 Å². The van der Waals surface area contributed by atoms with Crippen LogP contribution in [0.4, 0.5) is 0 Å². The maximum atomic E-state index is 12.4. The van der Waals surface area contributed by atoms with Crippen LogP contribution < -0.4 is 14.2 Å². The van der Waals surface area contributed by atoms with Crippen molar-refractivity contribution in [1.82, 2.24) is 0 Å². The molecule has 0 aliphatic rings. The number of rotatable bonds is 12. The fourth-order valence-corrected chi connectivity index (χ4v) is 2.93. The standard InChI is InChI=1S/C25H29ClO7/c1-17-15-19(9-10-20(17)26)33-25(2,3)24(29)32-14-6-5-13-31-21-11-7-18(8-12-23(27)28)16-22(21)30-4/h7-12,15-16H,5-6,13-14H2,1-4H3,(H,27,28)/b12-8+. The number of carbonyl (C=O) groups excluding carboxylic acids is 1. The number of esters is 1. The Hall–Kier alpha value is -3.19. The van der Waals surface area contributed by atoms with E-state index in [0.29, 0.717) is 47.3 Å². The van der Waals surface area contributed by atoms with Gasteiger partial charge in [0, 0.05) is 11.1 Å². The topological polar surface area (TPSA) is 91.3 Å². The number of carboxylic acid groups (broad SMARTS) is 1. The van der Waals surface area contributed by atoms with Crippen LogP contribution in [0.25, 0.3) is 6.08 Å². The molecular weight excluding hydrogens is 448 g/mol. The van der Waals surface area contributed by atoms with Gasteiger partial charge in [-0.05, 0) is 81.1 Å². The number of methoxy groups -OCH3 is 1. The van der Waals surface area contributed by atoms with Crippen LogP contribution in [0.5, 0.6) is 17.2 Å². The van der Waals surface area contributed by atoms with Gasteiger partial charge in [-0.2, -0.15) is 0 Å². The Morgan fingerprint density at radius 3 is 2.45 bits per heavy atom. The highest BCUT2D eigenvalue weighted by Gasteiger charge is 2.31. The highest BCUT2D eigenvalue weighted by atomic mass is 35.5. The molecule has 0 bridgehead atoms. The van der Waals surface area contributed by atoms with Gasteiger partial charge in [-0.3, -0.25) is 0 Å². The van der Waals surface area contributed by atoms with E-state index in [9.17, 15) is 9.59 Å². The summed E-state index contributed by atoms with van der Waals surface area (Å²) in [7, 11) is 1.52. The molecule has 7 nitrogen and oxygen atoms in total. The lowest BCUT2D eigenvalue weighted by molar-refractivity contribution is -0.159. The molecule has 0 saturated carbocycles. The van der Waals surface area contributed by atoms with Crippen LogP contribution in [0, 0.1) is 6.92 Å². The molecule has 33 heavy (non-hydrogen) atoms. The Bertz CT molecular complexity index is 998. The Balaban J connectivity index is 1.75. The van der Waals surface area contributed by atoms with E-state index in [1.165, 1.54) is 13.2 Å². The zero-order chi connectivity index (χ0) is 24.4. The smallest absolute Gasteiger partial charge is 0.349 e. The SMILES string of the molecule is COc1cc(/C=C/C(=O)O)ccc1OCCCCOC(=O)C(C)(C)Oc1ccc(Cl)c(C)c1. The molecule has 0 amide bonds. The highest BCUT2D eigenvalue weighted by Crippen LogP contribution is 2.29. The number of unbranched alkanes of at least 4 members (excludes halogenated alkanes) is 1. The minimum absolute atomic E-state index is 0.241. The monoisotopic (exact) mass is 476 g/mol. The van der Waals surface area contributed by atoms with Crippen molar-refractivity contribution in [2.24, 2.45) is 0 Å². The first-order valence-corrected chi connectivity index (χ1v) is 10.8. The van der Waals surface area contributed by atoms with Crippen molar-refractivity contribution in [3.8, 4) is 17.2 Å². The summed E-state index contributed by atoms with van der Waals surface area (Å²) in [6, 6.07) is 10.4. The third-order valence-electron chi connectivity index (χ3n) is 4.63. The molecule has 2 aromatic rings. The Morgan fingerprint density at radius 2 is 1.79 bits per heavy atom. The fraction of sp³-hybridized carbons (Fsp3) is 0.360. The van der Waals surface area contributed by atoms with Crippen LogP contribution >= 0.6 is 11.6 Å². The van der Waals surface area contributed by atoms with Gasteiger partial charge in [-0.25, -0.2) is 9.59 Å². The summed E-state index contributed by atoms with van der Waals surface area (Å²) in [6.45, 7) is 5.82. The molecule has 8 heteroatoms. The van der Waals surface area contributed by atoms with E-state index in [0.717, 1.165) is 11.6 Å². The molecule has 0 fully saturated rings. The van der Waals surface area contributed by atoms with Gasteiger partial charge in [0.15, 0.2) is 17.1 Å². The highest BCUT2D eigenvalue weighted by molar-refractivity contribution is 6.31. The second kappa shape index (κ2) is 12.2. The van der Waals surface area contributed by atoms with Gasteiger partial charge in [-0.1, -0.05) is 17.7 Å². The first kappa shape index (κ1) is 26.1. The Labute approximate surface area is 198 Å². The Morgan fingerprint density at radius 1 is 1.06 bits per heavy atom. The molecule has 0 saturated heterocycles. The minimum Gasteiger partial charge on any atom is -0.493 e. The van der Waals surface area contributed by atoms with Crippen molar-refractivity contribution in [2.75, 3.05) is 20.3 Å². The van der Waals surface area contributed by atoms with E-state index in [2.05, 4.69) is 0 Å². The molecule has 0 heterocycles. The fourth-order valence-electron chi connectivity index (χ4n) is 2.82. The number of benzene rings is 2. The van der Waals surface area contributed by atoms with E-state index >= 15 is 0 Å². The molecule has 2 rings (SSSR count). The number of hydrogen-bond acceptors (Lipinski definition) is 6. The number of halogens is 1. The number of hydrogen-bond donors (Lipinski definition) is 1. The third-order valence-corrected chi connectivity index (χ3v) is 5.05. The largest absolute Gasteiger partial charge is 0.493 e. The molecule has 0 unspecified atom stereocenters. The summed E-state index contributed by atoms with van der Waals surface area (Å²) in [4.78, 5) is 23.1. The first-order chi connectivity index (χ1) is 15.6. The summed E-state index contributed by atoms with van der Waals surface area (Å²) in [5, 5.41) is 9.35. The number of aryl methyl sites for hydroxylation is 1. The van der Waals surface area contributed by atoms with E-state index < -0.39 is 17.5 Å². The lowest BCUT2D eigenvalue weighted by Crippen LogP contribution is -2.39. The third kappa shape index (κ3) is 8.35. The summed E-state index contributed by atoms with van der Waals surface area (Å²) >= 11 is 6.02. The molecule has 0 spiro atoms. The second-order valence-electron chi connectivity index (χ2n) is 7.80. The molecule has 1 N–H and O–H groups in total. The van der Waals surface area contributed by atoms with Crippen LogP contribution in [-0.4, -0.2) is 43.0 Å². The van der Waals surface area contributed by atoms with Crippen molar-refractivity contribution in [3.63, 3.8) is 0 Å². The average Bonchev–Trinajstić information content (AvgIpc) is 2.77. The van der Waals surface area contributed by atoms with Crippen LogP contribution in [0.3, 0.4) is 0 Å². The van der Waals surface area contributed by atoms with E-state index in [1.54, 1.807) is 50.2 Å². The van der Waals surface area contributed by atoms with Crippen molar-refractivity contribution in [3.05, 3.63) is 58.6 Å². The zero-order valence-corrected chi connectivity index (χ0v) is 20.0. The summed E-state index contributed by atoms with van der Waals surface area (Å²) < 4.78 is 22.2. The Kier molecular flexibility index (Phi) is 9.60. The minimum atomic E-state index is -1.14. The molecule has 0 aliphatic carbocycles. The normalized spacial score (nSPS) is 11.3. The van der Waals surface area contributed by atoms with Crippen LogP contribution in [0.2, 0.25) is 5.02 Å². The van der Waals surface area contributed by atoms with E-state index in [1.807, 2.05) is 6.92 Å². The van der Waals surface area contributed by atoms with Gasteiger partial charge in [-0.15, -0.1) is 0 Å². The van der Waals surface area contributed by atoms with Crippen molar-refractivity contribution < 1.29 is 33.6 Å². The van der Waals surface area contributed by atoms with Crippen molar-refractivity contribution >= 4 is 29.6 Å².